The van der Waals surface area contributed by atoms with E-state index in [-0.39, 0.29) is 32.1 Å². The molecule has 4 N–H and O–H groups in total. The second-order valence-corrected chi connectivity index (χ2v) is 10.1. The second kappa shape index (κ2) is 16.5. The smallest absolute Gasteiger partial charge is 0.407 e. The van der Waals surface area contributed by atoms with Gasteiger partial charge in [-0.15, -0.1) is 0 Å². The summed E-state index contributed by atoms with van der Waals surface area (Å²) < 4.78 is 5.27. The first-order valence-electron chi connectivity index (χ1n) is 14.4. The highest BCUT2D eigenvalue weighted by molar-refractivity contribution is 5.92. The van der Waals surface area contributed by atoms with Gasteiger partial charge in [-0.05, 0) is 35.1 Å². The summed E-state index contributed by atoms with van der Waals surface area (Å²) in [6.45, 7) is 0.0915. The predicted octanol–water partition coefficient (Wildman–Crippen LogP) is 4.86. The molecule has 0 saturated carbocycles. The van der Waals surface area contributed by atoms with Gasteiger partial charge in [-0.2, -0.15) is 0 Å². The number of carbonyl (C=O) groups excluding carboxylic acids is 3. The number of amides is 3. The van der Waals surface area contributed by atoms with Gasteiger partial charge in [0, 0.05) is 6.54 Å². The summed E-state index contributed by atoms with van der Waals surface area (Å²) in [7, 11) is 0. The van der Waals surface area contributed by atoms with Crippen LogP contribution in [0.1, 0.15) is 47.1 Å². The van der Waals surface area contributed by atoms with Gasteiger partial charge in [0.25, 0.3) is 0 Å². The van der Waals surface area contributed by atoms with Gasteiger partial charge in [0.2, 0.25) is 11.8 Å². The minimum Gasteiger partial charge on any atom is -0.445 e. The van der Waals surface area contributed by atoms with Gasteiger partial charge in [-0.25, -0.2) is 4.79 Å². The van der Waals surface area contributed by atoms with Crippen LogP contribution in [0.3, 0.4) is 0 Å². The van der Waals surface area contributed by atoms with E-state index in [9.17, 15) is 19.5 Å². The zero-order valence-corrected chi connectivity index (χ0v) is 23.9. The van der Waals surface area contributed by atoms with E-state index in [0.717, 1.165) is 22.3 Å². The summed E-state index contributed by atoms with van der Waals surface area (Å²) in [4.78, 5) is 39.6. The number of aliphatic hydroxyl groups excluding tert-OH is 1. The monoisotopic (exact) mass is 579 g/mol. The summed E-state index contributed by atoms with van der Waals surface area (Å²) in [5.74, 6) is -1.39. The van der Waals surface area contributed by atoms with Crippen molar-refractivity contribution in [3.8, 4) is 0 Å². The van der Waals surface area contributed by atoms with Gasteiger partial charge in [0.1, 0.15) is 12.6 Å². The van der Waals surface area contributed by atoms with E-state index in [4.69, 9.17) is 4.74 Å². The standard InChI is InChI=1S/C35H37N3O5/c39-24-31(27-16-7-2-8-17-27)38-33(40)30(22-13-23-36-35(42)43-25-26-14-5-1-6-15-26)37-34(41)32(28-18-9-3-10-19-28)29-20-11-4-12-21-29/h1-12,14-21,30-32,39H,13,22-25H2,(H,36,42)(H,37,41)(H,38,40)/t30-,31-/m0/s1. The fraction of sp³-hybridized carbons (Fsp3) is 0.229. The summed E-state index contributed by atoms with van der Waals surface area (Å²) in [5.41, 5.74) is 3.22. The molecule has 0 saturated heterocycles. The van der Waals surface area contributed by atoms with E-state index < -0.39 is 30.0 Å². The molecule has 0 aromatic heterocycles. The fourth-order valence-electron chi connectivity index (χ4n) is 4.77. The number of hydrogen-bond acceptors (Lipinski definition) is 5. The number of benzene rings is 4. The lowest BCUT2D eigenvalue weighted by molar-refractivity contribution is -0.130. The highest BCUT2D eigenvalue weighted by atomic mass is 16.5. The molecule has 222 valence electrons. The number of nitrogens with one attached hydrogen (secondary N) is 3. The predicted molar refractivity (Wildman–Crippen MR) is 165 cm³/mol. The Morgan fingerprint density at radius 2 is 1.16 bits per heavy atom. The molecule has 0 aliphatic rings. The lowest BCUT2D eigenvalue weighted by atomic mass is 9.90. The van der Waals surface area contributed by atoms with Crippen molar-refractivity contribution in [2.45, 2.75) is 37.5 Å². The normalized spacial score (nSPS) is 12.1. The van der Waals surface area contributed by atoms with E-state index >= 15 is 0 Å². The van der Waals surface area contributed by atoms with Gasteiger partial charge >= 0.3 is 6.09 Å². The molecule has 0 heterocycles. The summed E-state index contributed by atoms with van der Waals surface area (Å²) in [6, 6.07) is 35.8. The quantitative estimate of drug-likeness (QED) is 0.159. The van der Waals surface area contributed by atoms with Crippen LogP contribution in [0.4, 0.5) is 4.79 Å². The number of carbonyl (C=O) groups is 3. The van der Waals surface area contributed by atoms with Gasteiger partial charge < -0.3 is 25.8 Å². The Balaban J connectivity index is 1.44. The van der Waals surface area contributed by atoms with Gasteiger partial charge in [-0.3, -0.25) is 9.59 Å². The van der Waals surface area contributed by atoms with E-state index in [1.807, 2.05) is 121 Å². The molecule has 0 bridgehead atoms. The van der Waals surface area contributed by atoms with Crippen molar-refractivity contribution >= 4 is 17.9 Å². The zero-order chi connectivity index (χ0) is 30.3. The maximum atomic E-state index is 13.8. The summed E-state index contributed by atoms with van der Waals surface area (Å²) in [5, 5.41) is 18.6. The van der Waals surface area contributed by atoms with Gasteiger partial charge in [-0.1, -0.05) is 121 Å². The third-order valence-corrected chi connectivity index (χ3v) is 7.01. The van der Waals surface area contributed by atoms with E-state index in [1.54, 1.807) is 0 Å². The minimum atomic E-state index is -0.915. The molecule has 8 nitrogen and oxygen atoms in total. The van der Waals surface area contributed by atoms with E-state index in [2.05, 4.69) is 16.0 Å². The first-order valence-corrected chi connectivity index (χ1v) is 14.4. The van der Waals surface area contributed by atoms with Crippen LogP contribution in [0.5, 0.6) is 0 Å². The van der Waals surface area contributed by atoms with Crippen molar-refractivity contribution in [3.05, 3.63) is 144 Å². The lowest BCUT2D eigenvalue weighted by Crippen LogP contribution is -2.49. The molecule has 0 fully saturated rings. The number of aliphatic hydroxyl groups is 1. The molecule has 43 heavy (non-hydrogen) atoms. The maximum Gasteiger partial charge on any atom is 0.407 e. The number of hydrogen-bond donors (Lipinski definition) is 4. The van der Waals surface area contributed by atoms with Crippen LogP contribution in [0, 0.1) is 0 Å². The molecule has 0 aliphatic carbocycles. The van der Waals surface area contributed by atoms with Crippen molar-refractivity contribution in [2.75, 3.05) is 13.2 Å². The summed E-state index contributed by atoms with van der Waals surface area (Å²) >= 11 is 0. The van der Waals surface area contributed by atoms with Crippen LogP contribution >= 0.6 is 0 Å². The molecule has 0 unspecified atom stereocenters. The highest BCUT2D eigenvalue weighted by Gasteiger charge is 2.29. The van der Waals surface area contributed by atoms with Crippen LogP contribution in [-0.2, 0) is 20.9 Å². The van der Waals surface area contributed by atoms with Crippen LogP contribution in [0.25, 0.3) is 0 Å². The van der Waals surface area contributed by atoms with Crippen LogP contribution in [0.15, 0.2) is 121 Å². The van der Waals surface area contributed by atoms with Crippen molar-refractivity contribution < 1.29 is 24.2 Å². The Kier molecular flexibility index (Phi) is 11.9. The molecule has 2 atom stereocenters. The first kappa shape index (κ1) is 31.0. The SMILES string of the molecule is O=C(NCCC[C@H](NC(=O)C(c1ccccc1)c1ccccc1)C(=O)N[C@@H](CO)c1ccccc1)OCc1ccccc1. The van der Waals surface area contributed by atoms with Crippen molar-refractivity contribution in [1.82, 2.24) is 16.0 Å². The Hall–Kier alpha value is -4.95. The topological polar surface area (TPSA) is 117 Å². The molecule has 0 aliphatic heterocycles. The number of ether oxygens (including phenoxy) is 1. The third-order valence-electron chi connectivity index (χ3n) is 7.01. The average molecular weight is 580 g/mol. The molecule has 0 radical (unpaired) electrons. The summed E-state index contributed by atoms with van der Waals surface area (Å²) in [6.07, 6.45) is 0.0845. The number of rotatable bonds is 14. The third kappa shape index (κ3) is 9.55. The van der Waals surface area contributed by atoms with Crippen LogP contribution < -0.4 is 16.0 Å². The van der Waals surface area contributed by atoms with E-state index in [0.29, 0.717) is 6.42 Å². The molecule has 4 rings (SSSR count). The second-order valence-electron chi connectivity index (χ2n) is 10.1. The van der Waals surface area contributed by atoms with Crippen molar-refractivity contribution in [3.63, 3.8) is 0 Å². The Bertz CT molecular complexity index is 1380. The molecule has 3 amide bonds. The molecule has 8 heteroatoms. The van der Waals surface area contributed by atoms with Crippen LogP contribution in [-0.4, -0.2) is 42.2 Å². The largest absolute Gasteiger partial charge is 0.445 e. The van der Waals surface area contributed by atoms with Crippen LogP contribution in [0.2, 0.25) is 0 Å². The Labute approximate surface area is 252 Å². The molecule has 4 aromatic rings. The lowest BCUT2D eigenvalue weighted by Gasteiger charge is -2.25. The van der Waals surface area contributed by atoms with Crippen molar-refractivity contribution in [1.29, 1.82) is 0 Å². The molecule has 0 spiro atoms. The molecular formula is C35H37N3O5. The first-order chi connectivity index (χ1) is 21.0. The highest BCUT2D eigenvalue weighted by Crippen LogP contribution is 2.25. The van der Waals surface area contributed by atoms with Crippen molar-refractivity contribution in [2.24, 2.45) is 0 Å². The molecular weight excluding hydrogens is 542 g/mol. The number of alkyl carbamates (subject to hydrolysis) is 1. The van der Waals surface area contributed by atoms with E-state index in [1.165, 1.54) is 0 Å². The fourth-order valence-corrected chi connectivity index (χ4v) is 4.77. The maximum absolute atomic E-state index is 13.8. The minimum absolute atomic E-state index is 0.149. The Morgan fingerprint density at radius 3 is 1.70 bits per heavy atom. The van der Waals surface area contributed by atoms with Gasteiger partial charge in [0.05, 0.1) is 18.6 Å². The zero-order valence-electron chi connectivity index (χ0n) is 23.9. The Morgan fingerprint density at radius 1 is 0.651 bits per heavy atom. The van der Waals surface area contributed by atoms with Gasteiger partial charge in [0.15, 0.2) is 0 Å². The average Bonchev–Trinajstić information content (AvgIpc) is 3.06. The molecule has 4 aromatic carbocycles.